The van der Waals surface area contributed by atoms with Gasteiger partial charge in [0.05, 0.1) is 6.04 Å². The summed E-state index contributed by atoms with van der Waals surface area (Å²) in [6, 6.07) is 6.98. The highest BCUT2D eigenvalue weighted by molar-refractivity contribution is 5.35. The Kier molecular flexibility index (Phi) is 4.31. The minimum absolute atomic E-state index is 0.0914. The average molecular weight is 253 g/mol. The number of benzene rings is 1. The molecular weight excluding hydrogens is 236 g/mol. The lowest BCUT2D eigenvalue weighted by Crippen LogP contribution is -2.18. The monoisotopic (exact) mass is 253 g/mol. The molecule has 0 heterocycles. The summed E-state index contributed by atoms with van der Waals surface area (Å²) >= 11 is 0. The summed E-state index contributed by atoms with van der Waals surface area (Å²) in [6.45, 7) is -2.78. The van der Waals surface area contributed by atoms with Crippen molar-refractivity contribution in [1.29, 1.82) is 0 Å². The molecule has 98 valence electrons. The van der Waals surface area contributed by atoms with Crippen molar-refractivity contribution in [2.75, 3.05) is 7.05 Å². The summed E-state index contributed by atoms with van der Waals surface area (Å²) in [6.07, 6.45) is 5.55. The number of hydrogen-bond acceptors (Lipinski definition) is 2. The van der Waals surface area contributed by atoms with E-state index >= 15 is 0 Å². The summed E-state index contributed by atoms with van der Waals surface area (Å²) in [7, 11) is 1.88. The van der Waals surface area contributed by atoms with Gasteiger partial charge >= 0.3 is 6.61 Å². The fourth-order valence-electron chi connectivity index (χ4n) is 2.39. The van der Waals surface area contributed by atoms with Gasteiger partial charge in [-0.25, -0.2) is 0 Å². The lowest BCUT2D eigenvalue weighted by molar-refractivity contribution is -0.0498. The smallest absolute Gasteiger partial charge is 0.387 e. The molecular formula is C14H17F2NO. The molecule has 0 spiro atoms. The number of allylic oxidation sites excluding steroid dienone is 1. The van der Waals surface area contributed by atoms with Gasteiger partial charge in [0.15, 0.2) is 0 Å². The molecule has 0 saturated heterocycles. The molecule has 0 saturated carbocycles. The molecule has 0 aliphatic heterocycles. The Bertz CT molecular complexity index is 432. The summed E-state index contributed by atoms with van der Waals surface area (Å²) in [5.41, 5.74) is 2.29. The van der Waals surface area contributed by atoms with Crippen LogP contribution in [0.2, 0.25) is 0 Å². The molecule has 1 aliphatic carbocycles. The Labute approximate surface area is 106 Å². The van der Waals surface area contributed by atoms with E-state index in [0.29, 0.717) is 0 Å². The summed E-state index contributed by atoms with van der Waals surface area (Å²) in [5, 5.41) is 3.23. The molecule has 1 aromatic carbocycles. The highest BCUT2D eigenvalue weighted by atomic mass is 19.3. The molecule has 4 heteroatoms. The van der Waals surface area contributed by atoms with Crippen LogP contribution in [0.25, 0.3) is 0 Å². The van der Waals surface area contributed by atoms with Crippen LogP contribution >= 0.6 is 0 Å². The van der Waals surface area contributed by atoms with Crippen LogP contribution in [-0.2, 0) is 0 Å². The van der Waals surface area contributed by atoms with E-state index in [1.165, 1.54) is 12.0 Å². The molecule has 2 nitrogen and oxygen atoms in total. The lowest BCUT2D eigenvalue weighted by Gasteiger charge is -2.19. The maximum Gasteiger partial charge on any atom is 0.387 e. The largest absolute Gasteiger partial charge is 0.435 e. The first-order valence-electron chi connectivity index (χ1n) is 6.11. The van der Waals surface area contributed by atoms with E-state index in [-0.39, 0.29) is 11.8 Å². The summed E-state index contributed by atoms with van der Waals surface area (Å²) < 4.78 is 28.8. The van der Waals surface area contributed by atoms with Crippen molar-refractivity contribution in [1.82, 2.24) is 5.32 Å². The van der Waals surface area contributed by atoms with Crippen molar-refractivity contribution in [3.8, 4) is 5.75 Å². The van der Waals surface area contributed by atoms with Gasteiger partial charge in [0.2, 0.25) is 0 Å². The van der Waals surface area contributed by atoms with Crippen LogP contribution in [0.1, 0.15) is 30.9 Å². The van der Waals surface area contributed by atoms with Crippen LogP contribution in [0.5, 0.6) is 5.75 Å². The van der Waals surface area contributed by atoms with E-state index in [1.807, 2.05) is 13.1 Å². The maximum atomic E-state index is 12.2. The first kappa shape index (κ1) is 13.0. The van der Waals surface area contributed by atoms with E-state index in [9.17, 15) is 8.78 Å². The molecule has 18 heavy (non-hydrogen) atoms. The average Bonchev–Trinajstić information content (AvgIpc) is 2.83. The van der Waals surface area contributed by atoms with Crippen LogP contribution in [0.3, 0.4) is 0 Å². The Balaban J connectivity index is 2.20. The zero-order valence-corrected chi connectivity index (χ0v) is 10.3. The highest BCUT2D eigenvalue weighted by Gasteiger charge is 2.18. The first-order chi connectivity index (χ1) is 8.70. The minimum atomic E-state index is -2.78. The van der Waals surface area contributed by atoms with Gasteiger partial charge in [-0.1, -0.05) is 23.8 Å². The molecule has 2 rings (SSSR count). The second-order valence-electron chi connectivity index (χ2n) is 4.34. The molecule has 0 amide bonds. The topological polar surface area (TPSA) is 21.3 Å². The Morgan fingerprint density at radius 1 is 1.33 bits per heavy atom. The quantitative estimate of drug-likeness (QED) is 0.809. The van der Waals surface area contributed by atoms with Crippen LogP contribution in [0, 0.1) is 0 Å². The number of alkyl halides is 2. The molecule has 0 bridgehead atoms. The second kappa shape index (κ2) is 5.96. The van der Waals surface area contributed by atoms with Crippen molar-refractivity contribution in [2.24, 2.45) is 0 Å². The molecule has 0 aromatic heterocycles. The third-order valence-corrected chi connectivity index (χ3v) is 3.15. The van der Waals surface area contributed by atoms with Crippen molar-refractivity contribution in [3.63, 3.8) is 0 Å². The predicted octanol–water partition coefficient (Wildman–Crippen LogP) is 3.66. The molecule has 1 unspecified atom stereocenters. The van der Waals surface area contributed by atoms with E-state index in [4.69, 9.17) is 0 Å². The molecule has 1 N–H and O–H groups in total. The van der Waals surface area contributed by atoms with E-state index < -0.39 is 6.61 Å². The number of rotatable bonds is 5. The third-order valence-electron chi connectivity index (χ3n) is 3.15. The van der Waals surface area contributed by atoms with Crippen LogP contribution in [0.15, 0.2) is 35.9 Å². The Morgan fingerprint density at radius 3 is 2.78 bits per heavy atom. The van der Waals surface area contributed by atoms with Crippen LogP contribution in [0.4, 0.5) is 8.78 Å². The Hall–Kier alpha value is -1.42. The maximum absolute atomic E-state index is 12.2. The van der Waals surface area contributed by atoms with Crippen molar-refractivity contribution < 1.29 is 13.5 Å². The third kappa shape index (κ3) is 3.07. The van der Waals surface area contributed by atoms with Gasteiger partial charge in [0, 0.05) is 0 Å². The number of likely N-dealkylation sites (N-methyl/N-ethyl adjacent to an activating group) is 1. The van der Waals surface area contributed by atoms with E-state index in [0.717, 1.165) is 18.4 Å². The SMILES string of the molecule is CNC(C1=CCCC1)c1cccc(OC(F)F)c1. The van der Waals surface area contributed by atoms with Crippen LogP contribution < -0.4 is 10.1 Å². The normalized spacial score (nSPS) is 16.8. The van der Waals surface area contributed by atoms with Crippen LogP contribution in [-0.4, -0.2) is 13.7 Å². The van der Waals surface area contributed by atoms with Gasteiger partial charge in [-0.05, 0) is 44.0 Å². The Morgan fingerprint density at radius 2 is 2.17 bits per heavy atom. The number of halogens is 2. The van der Waals surface area contributed by atoms with E-state index in [2.05, 4.69) is 16.1 Å². The van der Waals surface area contributed by atoms with Gasteiger partial charge in [-0.3, -0.25) is 0 Å². The highest BCUT2D eigenvalue weighted by Crippen LogP contribution is 2.31. The molecule has 1 aromatic rings. The van der Waals surface area contributed by atoms with Gasteiger partial charge < -0.3 is 10.1 Å². The number of ether oxygens (including phenoxy) is 1. The summed E-state index contributed by atoms with van der Waals surface area (Å²) in [4.78, 5) is 0. The molecule has 0 radical (unpaired) electrons. The van der Waals surface area contributed by atoms with Gasteiger partial charge in [-0.2, -0.15) is 8.78 Å². The minimum Gasteiger partial charge on any atom is -0.435 e. The van der Waals surface area contributed by atoms with Crippen molar-refractivity contribution in [2.45, 2.75) is 31.9 Å². The molecule has 0 fully saturated rings. The standard InChI is InChI=1S/C14H17F2NO/c1-17-13(10-5-2-3-6-10)11-7-4-8-12(9-11)18-14(15)16/h4-5,7-9,13-14,17H,2-3,6H2,1H3. The molecule has 1 aliphatic rings. The predicted molar refractivity (Wildman–Crippen MR) is 66.8 cm³/mol. The van der Waals surface area contributed by atoms with Gasteiger partial charge in [-0.15, -0.1) is 0 Å². The van der Waals surface area contributed by atoms with Gasteiger partial charge in [0.1, 0.15) is 5.75 Å². The van der Waals surface area contributed by atoms with Crippen molar-refractivity contribution >= 4 is 0 Å². The fourth-order valence-corrected chi connectivity index (χ4v) is 2.39. The number of nitrogens with one attached hydrogen (secondary N) is 1. The van der Waals surface area contributed by atoms with E-state index in [1.54, 1.807) is 18.2 Å². The molecule has 1 atom stereocenters. The van der Waals surface area contributed by atoms with Gasteiger partial charge in [0.25, 0.3) is 0 Å². The number of hydrogen-bond donors (Lipinski definition) is 1. The summed E-state index contributed by atoms with van der Waals surface area (Å²) in [5.74, 6) is 0.210. The van der Waals surface area contributed by atoms with Crippen molar-refractivity contribution in [3.05, 3.63) is 41.5 Å². The fraction of sp³-hybridized carbons (Fsp3) is 0.429. The second-order valence-corrected chi connectivity index (χ2v) is 4.34. The zero-order chi connectivity index (χ0) is 13.0. The first-order valence-corrected chi connectivity index (χ1v) is 6.11. The zero-order valence-electron chi connectivity index (χ0n) is 10.3. The lowest BCUT2D eigenvalue weighted by atomic mass is 9.98.